The number of likely N-dealkylation sites (tertiary alicyclic amines) is 1. The van der Waals surface area contributed by atoms with Crippen molar-refractivity contribution in [2.75, 3.05) is 19.8 Å². The van der Waals surface area contributed by atoms with Crippen LogP contribution in [0.25, 0.3) is 0 Å². The summed E-state index contributed by atoms with van der Waals surface area (Å²) in [6.45, 7) is 10.2. The van der Waals surface area contributed by atoms with Crippen molar-refractivity contribution in [3.05, 3.63) is 37.1 Å². The van der Waals surface area contributed by atoms with Crippen molar-refractivity contribution in [2.24, 2.45) is 4.99 Å². The third-order valence-corrected chi connectivity index (χ3v) is 3.17. The van der Waals surface area contributed by atoms with Gasteiger partial charge in [-0.15, -0.1) is 6.58 Å². The van der Waals surface area contributed by atoms with E-state index in [9.17, 15) is 4.79 Å². The summed E-state index contributed by atoms with van der Waals surface area (Å²) in [7, 11) is 0. The average molecular weight is 275 g/mol. The standard InChI is InChI=1S/C16H25N3O/c1-3-5-9-15(18-16(20)4-2)10-11-17-14-19-12-7-6-8-13-19/h3-4,9,11H,1-2,5-8,10,12-14H2,(H,18,20)/b15-9+,17-11-. The van der Waals surface area contributed by atoms with E-state index in [0.717, 1.165) is 31.9 Å². The number of hydrogen-bond acceptors (Lipinski definition) is 3. The van der Waals surface area contributed by atoms with E-state index < -0.39 is 0 Å². The zero-order valence-electron chi connectivity index (χ0n) is 12.2. The molecule has 1 aliphatic rings. The van der Waals surface area contributed by atoms with Crippen LogP contribution in [0, 0.1) is 0 Å². The highest BCUT2D eigenvalue weighted by Gasteiger charge is 2.07. The Morgan fingerprint density at radius 1 is 1.25 bits per heavy atom. The zero-order valence-corrected chi connectivity index (χ0v) is 12.2. The van der Waals surface area contributed by atoms with Crippen molar-refractivity contribution >= 4 is 12.1 Å². The first-order valence-electron chi connectivity index (χ1n) is 7.20. The Morgan fingerprint density at radius 3 is 2.65 bits per heavy atom. The predicted molar refractivity (Wildman–Crippen MR) is 84.6 cm³/mol. The minimum Gasteiger partial charge on any atom is -0.326 e. The maximum atomic E-state index is 11.3. The third-order valence-electron chi connectivity index (χ3n) is 3.17. The lowest BCUT2D eigenvalue weighted by molar-refractivity contribution is -0.115. The van der Waals surface area contributed by atoms with Crippen LogP contribution in [0.5, 0.6) is 0 Å². The summed E-state index contributed by atoms with van der Waals surface area (Å²) in [5.74, 6) is -0.190. The van der Waals surface area contributed by atoms with Crippen LogP contribution in [-0.4, -0.2) is 36.8 Å². The summed E-state index contributed by atoms with van der Waals surface area (Å²) >= 11 is 0. The number of carbonyl (C=O) groups excluding carboxylic acids is 1. The van der Waals surface area contributed by atoms with Gasteiger partial charge >= 0.3 is 0 Å². The van der Waals surface area contributed by atoms with E-state index in [-0.39, 0.29) is 5.91 Å². The molecule has 0 aromatic carbocycles. The monoisotopic (exact) mass is 275 g/mol. The van der Waals surface area contributed by atoms with E-state index in [4.69, 9.17) is 0 Å². The molecule has 1 amide bonds. The molecule has 0 atom stereocenters. The topological polar surface area (TPSA) is 44.7 Å². The highest BCUT2D eigenvalue weighted by molar-refractivity contribution is 5.88. The van der Waals surface area contributed by atoms with Crippen LogP contribution in [-0.2, 0) is 4.79 Å². The van der Waals surface area contributed by atoms with Crippen LogP contribution in [0.2, 0.25) is 0 Å². The molecule has 4 heteroatoms. The largest absolute Gasteiger partial charge is 0.326 e. The van der Waals surface area contributed by atoms with Gasteiger partial charge in [-0.05, 0) is 38.4 Å². The molecule has 20 heavy (non-hydrogen) atoms. The minimum atomic E-state index is -0.190. The van der Waals surface area contributed by atoms with Crippen LogP contribution in [0.15, 0.2) is 42.1 Å². The molecular formula is C16H25N3O. The average Bonchev–Trinajstić information content (AvgIpc) is 2.49. The minimum absolute atomic E-state index is 0.190. The van der Waals surface area contributed by atoms with E-state index in [1.807, 2.05) is 12.3 Å². The van der Waals surface area contributed by atoms with Crippen LogP contribution in [0.3, 0.4) is 0 Å². The molecule has 1 aliphatic heterocycles. The maximum absolute atomic E-state index is 11.3. The van der Waals surface area contributed by atoms with E-state index in [2.05, 4.69) is 28.4 Å². The maximum Gasteiger partial charge on any atom is 0.247 e. The molecular weight excluding hydrogens is 250 g/mol. The molecule has 1 heterocycles. The molecule has 1 saturated heterocycles. The van der Waals surface area contributed by atoms with Gasteiger partial charge in [-0.25, -0.2) is 0 Å². The Bertz CT molecular complexity index is 379. The first-order valence-corrected chi connectivity index (χ1v) is 7.20. The fourth-order valence-electron chi connectivity index (χ4n) is 2.06. The van der Waals surface area contributed by atoms with Gasteiger partial charge in [0.05, 0.1) is 6.67 Å². The Balaban J connectivity index is 2.37. The van der Waals surface area contributed by atoms with Crippen LogP contribution >= 0.6 is 0 Å². The molecule has 0 aromatic heterocycles. The van der Waals surface area contributed by atoms with Crippen LogP contribution in [0.4, 0.5) is 0 Å². The van der Waals surface area contributed by atoms with Crippen molar-refractivity contribution in [3.63, 3.8) is 0 Å². The zero-order chi connectivity index (χ0) is 14.6. The summed E-state index contributed by atoms with van der Waals surface area (Å²) in [6.07, 6.45) is 12.1. The highest BCUT2D eigenvalue weighted by atomic mass is 16.1. The molecule has 0 unspecified atom stereocenters. The molecule has 4 nitrogen and oxygen atoms in total. The van der Waals surface area contributed by atoms with Gasteiger partial charge in [0.2, 0.25) is 5.91 Å². The second-order valence-corrected chi connectivity index (χ2v) is 4.84. The SMILES string of the molecule is C=CC/C=C(\C/C=N\CN1CCCCC1)NC(=O)C=C. The van der Waals surface area contributed by atoms with Crippen molar-refractivity contribution in [2.45, 2.75) is 32.1 Å². The molecule has 1 fully saturated rings. The van der Waals surface area contributed by atoms with Gasteiger partial charge < -0.3 is 5.32 Å². The number of nitrogens with one attached hydrogen (secondary N) is 1. The predicted octanol–water partition coefficient (Wildman–Crippen LogP) is 2.65. The lowest BCUT2D eigenvalue weighted by Gasteiger charge is -2.24. The third kappa shape index (κ3) is 7.04. The highest BCUT2D eigenvalue weighted by Crippen LogP contribution is 2.07. The van der Waals surface area contributed by atoms with Gasteiger partial charge in [0.15, 0.2) is 0 Å². The first kappa shape index (κ1) is 16.4. The number of carbonyl (C=O) groups is 1. The van der Waals surface area contributed by atoms with Crippen LogP contribution < -0.4 is 5.32 Å². The summed E-state index contributed by atoms with van der Waals surface area (Å²) in [5.41, 5.74) is 0.845. The number of piperidine rings is 1. The first-order chi connectivity index (χ1) is 9.76. The van der Waals surface area contributed by atoms with Crippen molar-refractivity contribution in [1.82, 2.24) is 10.2 Å². The fraction of sp³-hybridized carbons (Fsp3) is 0.500. The van der Waals surface area contributed by atoms with Crippen molar-refractivity contribution in [1.29, 1.82) is 0 Å². The van der Waals surface area contributed by atoms with E-state index in [1.54, 1.807) is 6.08 Å². The smallest absolute Gasteiger partial charge is 0.247 e. The second kappa shape index (κ2) is 10.1. The van der Waals surface area contributed by atoms with Crippen molar-refractivity contribution in [3.8, 4) is 0 Å². The fourth-order valence-corrected chi connectivity index (χ4v) is 2.06. The Morgan fingerprint density at radius 2 is 2.00 bits per heavy atom. The number of nitrogens with zero attached hydrogens (tertiary/aromatic N) is 2. The lowest BCUT2D eigenvalue weighted by Crippen LogP contribution is -2.29. The van der Waals surface area contributed by atoms with Gasteiger partial charge in [-0.1, -0.05) is 25.2 Å². The quantitative estimate of drug-likeness (QED) is 0.420. The van der Waals surface area contributed by atoms with E-state index >= 15 is 0 Å². The molecule has 0 aromatic rings. The molecule has 0 bridgehead atoms. The molecule has 1 rings (SSSR count). The number of rotatable bonds is 8. The Labute approximate surface area is 122 Å². The van der Waals surface area contributed by atoms with E-state index in [0.29, 0.717) is 6.42 Å². The summed E-state index contributed by atoms with van der Waals surface area (Å²) in [5, 5.41) is 2.79. The van der Waals surface area contributed by atoms with Gasteiger partial charge in [0.25, 0.3) is 0 Å². The Kier molecular flexibility index (Phi) is 8.31. The number of amides is 1. The van der Waals surface area contributed by atoms with Gasteiger partial charge in [-0.2, -0.15) is 0 Å². The molecule has 110 valence electrons. The number of aliphatic imine (C=N–C) groups is 1. The molecule has 0 saturated carbocycles. The summed E-state index contributed by atoms with van der Waals surface area (Å²) in [4.78, 5) is 18.1. The number of allylic oxidation sites excluding steroid dienone is 3. The van der Waals surface area contributed by atoms with Gasteiger partial charge in [0, 0.05) is 18.3 Å². The lowest BCUT2D eigenvalue weighted by atomic mass is 10.1. The Hall–Kier alpha value is -1.68. The molecule has 0 spiro atoms. The molecule has 0 aliphatic carbocycles. The molecule has 1 N–H and O–H groups in total. The van der Waals surface area contributed by atoms with Crippen LogP contribution in [0.1, 0.15) is 32.1 Å². The number of hydrogen-bond donors (Lipinski definition) is 1. The second-order valence-electron chi connectivity index (χ2n) is 4.84. The van der Waals surface area contributed by atoms with E-state index in [1.165, 1.54) is 25.3 Å². The summed E-state index contributed by atoms with van der Waals surface area (Å²) in [6, 6.07) is 0. The van der Waals surface area contributed by atoms with Crippen molar-refractivity contribution < 1.29 is 4.79 Å². The summed E-state index contributed by atoms with van der Waals surface area (Å²) < 4.78 is 0. The normalized spacial score (nSPS) is 17.1. The molecule has 0 radical (unpaired) electrons. The van der Waals surface area contributed by atoms with Gasteiger partial charge in [0.1, 0.15) is 0 Å². The van der Waals surface area contributed by atoms with Gasteiger partial charge in [-0.3, -0.25) is 14.7 Å².